The number of hydrogen-bond acceptors (Lipinski definition) is 3. The van der Waals surface area contributed by atoms with Crippen molar-refractivity contribution in [3.63, 3.8) is 0 Å². The van der Waals surface area contributed by atoms with Crippen LogP contribution in [0, 0.1) is 23.7 Å². The fourth-order valence-corrected chi connectivity index (χ4v) is 6.05. The zero-order valence-corrected chi connectivity index (χ0v) is 20.3. The Morgan fingerprint density at radius 2 is 1.17 bits per heavy atom. The molecule has 0 bridgehead atoms. The van der Waals surface area contributed by atoms with Crippen LogP contribution < -0.4 is 0 Å². The molecule has 0 N–H and O–H groups in total. The molecule has 2 saturated heterocycles. The lowest BCUT2D eigenvalue weighted by atomic mass is 9.80. The van der Waals surface area contributed by atoms with Crippen LogP contribution in [0.3, 0.4) is 0 Å². The van der Waals surface area contributed by atoms with Gasteiger partial charge in [0.2, 0.25) is 0 Å². The minimum atomic E-state index is 0.666. The monoisotopic (exact) mass is 403 g/mol. The van der Waals surface area contributed by atoms with Crippen LogP contribution in [0.2, 0.25) is 0 Å². The van der Waals surface area contributed by atoms with Crippen LogP contribution in [0.4, 0.5) is 0 Å². The first kappa shape index (κ1) is 23.3. The maximum absolute atomic E-state index is 2.84. The Kier molecular flexibility index (Phi) is 8.65. The van der Waals surface area contributed by atoms with Crippen molar-refractivity contribution >= 4 is 0 Å². The highest BCUT2D eigenvalue weighted by molar-refractivity contribution is 4.99. The van der Waals surface area contributed by atoms with Gasteiger partial charge in [-0.3, -0.25) is 0 Å². The van der Waals surface area contributed by atoms with Gasteiger partial charge in [0, 0.05) is 50.8 Å². The first-order chi connectivity index (χ1) is 13.8. The van der Waals surface area contributed by atoms with Gasteiger partial charge in [0.1, 0.15) is 0 Å². The molecule has 0 aliphatic carbocycles. The number of nitrogens with zero attached hydrogens (tertiary/aromatic N) is 3. The standard InChI is InChI=1S/C26H49N3/c1-20(2)27-14-8-7-10-23(16-27)25-12-13-26(19-29(18-25)22(5)6)24-11-9-15-28(17-24)21(3)4/h7,10,20-26H,8-9,11-19H2,1-6H3. The summed E-state index contributed by atoms with van der Waals surface area (Å²) < 4.78 is 0. The molecule has 0 saturated carbocycles. The van der Waals surface area contributed by atoms with Gasteiger partial charge in [-0.05, 0) is 104 Å². The molecule has 0 aromatic rings. The Balaban J connectivity index is 1.69. The van der Waals surface area contributed by atoms with Crippen LogP contribution in [0.5, 0.6) is 0 Å². The minimum absolute atomic E-state index is 0.666. The van der Waals surface area contributed by atoms with Gasteiger partial charge in [-0.2, -0.15) is 0 Å². The van der Waals surface area contributed by atoms with E-state index in [4.69, 9.17) is 0 Å². The third-order valence-electron chi connectivity index (χ3n) is 8.21. The van der Waals surface area contributed by atoms with E-state index in [1.54, 1.807) is 0 Å². The van der Waals surface area contributed by atoms with Gasteiger partial charge >= 0.3 is 0 Å². The van der Waals surface area contributed by atoms with Crippen LogP contribution in [0.25, 0.3) is 0 Å². The molecule has 3 nitrogen and oxygen atoms in total. The van der Waals surface area contributed by atoms with Crippen molar-refractivity contribution in [2.45, 2.75) is 91.8 Å². The average molecular weight is 404 g/mol. The summed E-state index contributed by atoms with van der Waals surface area (Å²) in [6.45, 7) is 22.1. The second kappa shape index (κ2) is 10.8. The SMILES string of the molecule is CC(C)N1CCC=CC(C2CCC(C3CCCN(C(C)C)C3)CN(C(C)C)C2)C1. The molecule has 0 radical (unpaired) electrons. The van der Waals surface area contributed by atoms with Gasteiger partial charge in [0.15, 0.2) is 0 Å². The normalized spacial score (nSPS) is 34.1. The first-order valence-corrected chi connectivity index (χ1v) is 12.7. The Bertz CT molecular complexity index is 512. The van der Waals surface area contributed by atoms with Gasteiger partial charge in [-0.25, -0.2) is 0 Å². The Morgan fingerprint density at radius 1 is 0.621 bits per heavy atom. The highest BCUT2D eigenvalue weighted by Crippen LogP contribution is 2.36. The maximum atomic E-state index is 2.84. The third-order valence-corrected chi connectivity index (χ3v) is 8.21. The second-order valence-electron chi connectivity index (χ2n) is 11.1. The third kappa shape index (κ3) is 6.31. The number of rotatable bonds is 5. The van der Waals surface area contributed by atoms with Crippen LogP contribution in [-0.2, 0) is 0 Å². The molecule has 2 fully saturated rings. The summed E-state index contributed by atoms with van der Waals surface area (Å²) >= 11 is 0. The molecule has 29 heavy (non-hydrogen) atoms. The summed E-state index contributed by atoms with van der Waals surface area (Å²) in [4.78, 5) is 8.30. The van der Waals surface area contributed by atoms with Crippen molar-refractivity contribution in [1.82, 2.24) is 14.7 Å². The highest BCUT2D eigenvalue weighted by Gasteiger charge is 2.35. The Hall–Kier alpha value is -0.380. The van der Waals surface area contributed by atoms with E-state index in [0.717, 1.165) is 23.7 Å². The minimum Gasteiger partial charge on any atom is -0.301 e. The molecule has 0 aromatic carbocycles. The van der Waals surface area contributed by atoms with Gasteiger partial charge in [0.05, 0.1) is 0 Å². The van der Waals surface area contributed by atoms with E-state index < -0.39 is 0 Å². The van der Waals surface area contributed by atoms with Crippen molar-refractivity contribution in [1.29, 1.82) is 0 Å². The van der Waals surface area contributed by atoms with E-state index in [-0.39, 0.29) is 0 Å². The molecule has 3 rings (SSSR count). The fraction of sp³-hybridized carbons (Fsp3) is 0.923. The first-order valence-electron chi connectivity index (χ1n) is 12.7. The molecule has 0 spiro atoms. The molecule has 0 amide bonds. The Morgan fingerprint density at radius 3 is 1.86 bits per heavy atom. The van der Waals surface area contributed by atoms with Gasteiger partial charge in [0.25, 0.3) is 0 Å². The van der Waals surface area contributed by atoms with E-state index >= 15 is 0 Å². The van der Waals surface area contributed by atoms with Crippen LogP contribution in [0.1, 0.15) is 73.6 Å². The van der Waals surface area contributed by atoms with E-state index in [1.807, 2.05) is 0 Å². The molecule has 3 aliphatic rings. The highest BCUT2D eigenvalue weighted by atomic mass is 15.2. The molecule has 0 aromatic heterocycles. The molecule has 3 heteroatoms. The van der Waals surface area contributed by atoms with Crippen LogP contribution in [-0.4, -0.2) is 72.1 Å². The predicted octanol–water partition coefficient (Wildman–Crippen LogP) is 5.13. The summed E-state index contributed by atoms with van der Waals surface area (Å²) in [5.74, 6) is 3.35. The van der Waals surface area contributed by atoms with Crippen LogP contribution in [0.15, 0.2) is 12.2 Å². The molecule has 168 valence electrons. The van der Waals surface area contributed by atoms with Crippen LogP contribution >= 0.6 is 0 Å². The zero-order chi connectivity index (χ0) is 21.0. The number of likely N-dealkylation sites (tertiary alicyclic amines) is 2. The maximum Gasteiger partial charge on any atom is 0.00503 e. The van der Waals surface area contributed by atoms with Gasteiger partial charge in [-0.15, -0.1) is 0 Å². The van der Waals surface area contributed by atoms with Crippen molar-refractivity contribution < 1.29 is 0 Å². The smallest absolute Gasteiger partial charge is 0.00503 e. The van der Waals surface area contributed by atoms with Crippen molar-refractivity contribution in [3.8, 4) is 0 Å². The van der Waals surface area contributed by atoms with E-state index in [0.29, 0.717) is 18.1 Å². The van der Waals surface area contributed by atoms with Crippen molar-refractivity contribution in [2.24, 2.45) is 23.7 Å². The van der Waals surface area contributed by atoms with E-state index in [9.17, 15) is 0 Å². The average Bonchev–Trinajstić information content (AvgIpc) is 3.07. The molecule has 3 heterocycles. The number of piperidine rings is 1. The van der Waals surface area contributed by atoms with Gasteiger partial charge in [-0.1, -0.05) is 12.2 Å². The van der Waals surface area contributed by atoms with Crippen molar-refractivity contribution in [3.05, 3.63) is 12.2 Å². The summed E-state index contributed by atoms with van der Waals surface area (Å²) in [5.41, 5.74) is 0. The predicted molar refractivity (Wildman–Crippen MR) is 126 cm³/mol. The van der Waals surface area contributed by atoms with Gasteiger partial charge < -0.3 is 14.7 Å². The quantitative estimate of drug-likeness (QED) is 0.589. The number of hydrogen-bond donors (Lipinski definition) is 0. The molecular formula is C26H49N3. The van der Waals surface area contributed by atoms with Crippen molar-refractivity contribution in [2.75, 3.05) is 39.3 Å². The summed E-state index contributed by atoms with van der Waals surface area (Å²) in [7, 11) is 0. The molecule has 4 atom stereocenters. The lowest BCUT2D eigenvalue weighted by Gasteiger charge is -2.40. The summed E-state index contributed by atoms with van der Waals surface area (Å²) in [5, 5.41) is 0. The van der Waals surface area contributed by atoms with E-state index in [1.165, 1.54) is 71.4 Å². The lowest BCUT2D eigenvalue weighted by molar-refractivity contribution is 0.0834. The second-order valence-corrected chi connectivity index (χ2v) is 11.1. The zero-order valence-electron chi connectivity index (χ0n) is 20.3. The largest absolute Gasteiger partial charge is 0.301 e. The molecule has 4 unspecified atom stereocenters. The Labute approximate surface area is 181 Å². The molecule has 3 aliphatic heterocycles. The fourth-order valence-electron chi connectivity index (χ4n) is 6.05. The van der Waals surface area contributed by atoms with E-state index in [2.05, 4.69) is 68.4 Å². The molecular weight excluding hydrogens is 354 g/mol. The summed E-state index contributed by atoms with van der Waals surface area (Å²) in [6.07, 6.45) is 12.0. The topological polar surface area (TPSA) is 9.72 Å². The summed E-state index contributed by atoms with van der Waals surface area (Å²) in [6, 6.07) is 2.04. The lowest BCUT2D eigenvalue weighted by Crippen LogP contribution is -2.45.